The molecule has 0 amide bonds. The number of aryl methyl sites for hydroxylation is 2. The Bertz CT molecular complexity index is 526. The first-order valence-corrected chi connectivity index (χ1v) is 7.27. The summed E-state index contributed by atoms with van der Waals surface area (Å²) in [4.78, 5) is 2.74. The Kier molecular flexibility index (Phi) is 4.20. The van der Waals surface area contributed by atoms with Crippen molar-refractivity contribution in [3.05, 3.63) is 46.3 Å². The zero-order chi connectivity index (χ0) is 13.1. The van der Waals surface area contributed by atoms with Gasteiger partial charge in [0.15, 0.2) is 0 Å². The predicted molar refractivity (Wildman–Crippen MR) is 81.2 cm³/mol. The maximum absolute atomic E-state index is 3.50. The van der Waals surface area contributed by atoms with E-state index in [1.165, 1.54) is 26.4 Å². The van der Waals surface area contributed by atoms with Crippen molar-refractivity contribution in [3.8, 4) is 10.4 Å². The molecule has 18 heavy (non-hydrogen) atoms. The second kappa shape index (κ2) is 5.68. The highest BCUT2D eigenvalue weighted by atomic mass is 32.1. The summed E-state index contributed by atoms with van der Waals surface area (Å²) < 4.78 is 0. The van der Waals surface area contributed by atoms with E-state index in [1.54, 1.807) is 0 Å². The van der Waals surface area contributed by atoms with E-state index >= 15 is 0 Å². The molecule has 0 aliphatic heterocycles. The minimum absolute atomic E-state index is 0.518. The molecule has 0 aliphatic carbocycles. The largest absolute Gasteiger partial charge is 0.310 e. The van der Waals surface area contributed by atoms with Gasteiger partial charge < -0.3 is 5.32 Å². The summed E-state index contributed by atoms with van der Waals surface area (Å²) in [6, 6.07) is 11.7. The van der Waals surface area contributed by atoms with Crippen LogP contribution in [0.25, 0.3) is 10.4 Å². The van der Waals surface area contributed by atoms with Crippen LogP contribution in [0.1, 0.15) is 29.9 Å². The van der Waals surface area contributed by atoms with Crippen LogP contribution in [-0.4, -0.2) is 6.04 Å². The number of benzene rings is 1. The normalized spacial score (nSPS) is 11.2. The van der Waals surface area contributed by atoms with Crippen LogP contribution in [0.2, 0.25) is 0 Å². The molecular weight excluding hydrogens is 238 g/mol. The van der Waals surface area contributed by atoms with Crippen LogP contribution in [0.15, 0.2) is 30.3 Å². The Labute approximate surface area is 114 Å². The second-order valence-electron chi connectivity index (χ2n) is 5.11. The van der Waals surface area contributed by atoms with Crippen LogP contribution >= 0.6 is 11.3 Å². The van der Waals surface area contributed by atoms with Crippen molar-refractivity contribution in [2.24, 2.45) is 0 Å². The van der Waals surface area contributed by atoms with E-state index in [2.05, 4.69) is 63.3 Å². The molecule has 0 aliphatic rings. The van der Waals surface area contributed by atoms with Crippen LogP contribution in [0.5, 0.6) is 0 Å². The van der Waals surface area contributed by atoms with Crippen LogP contribution in [-0.2, 0) is 6.54 Å². The van der Waals surface area contributed by atoms with E-state index in [1.807, 2.05) is 11.3 Å². The summed E-state index contributed by atoms with van der Waals surface area (Å²) in [6.45, 7) is 9.62. The van der Waals surface area contributed by atoms with Gasteiger partial charge in [0.25, 0.3) is 0 Å². The lowest BCUT2D eigenvalue weighted by atomic mass is 10.0. The van der Waals surface area contributed by atoms with Crippen molar-refractivity contribution in [2.75, 3.05) is 0 Å². The molecule has 0 saturated heterocycles. The monoisotopic (exact) mass is 259 g/mol. The van der Waals surface area contributed by atoms with Crippen LogP contribution in [0, 0.1) is 13.8 Å². The fourth-order valence-electron chi connectivity index (χ4n) is 1.97. The topological polar surface area (TPSA) is 12.0 Å². The summed E-state index contributed by atoms with van der Waals surface area (Å²) in [5.74, 6) is 0. The summed E-state index contributed by atoms with van der Waals surface area (Å²) in [6.07, 6.45) is 0. The van der Waals surface area contributed by atoms with Crippen LogP contribution < -0.4 is 5.32 Å². The van der Waals surface area contributed by atoms with Crippen molar-refractivity contribution in [2.45, 2.75) is 40.3 Å². The van der Waals surface area contributed by atoms with Crippen LogP contribution in [0.3, 0.4) is 0 Å². The second-order valence-corrected chi connectivity index (χ2v) is 6.39. The van der Waals surface area contributed by atoms with Crippen LogP contribution in [0.4, 0.5) is 0 Å². The summed E-state index contributed by atoms with van der Waals surface area (Å²) >= 11 is 1.87. The summed E-state index contributed by atoms with van der Waals surface area (Å²) in [5.41, 5.74) is 4.08. The van der Waals surface area contributed by atoms with Gasteiger partial charge in [0.1, 0.15) is 0 Å². The molecule has 0 fully saturated rings. The van der Waals surface area contributed by atoms with Gasteiger partial charge in [-0.25, -0.2) is 0 Å². The Balaban J connectivity index is 2.34. The fourth-order valence-corrected chi connectivity index (χ4v) is 2.89. The average Bonchev–Trinajstić information content (AvgIpc) is 2.74. The molecule has 0 atom stereocenters. The molecule has 0 unspecified atom stereocenters. The Hall–Kier alpha value is -1.12. The quantitative estimate of drug-likeness (QED) is 0.850. The Morgan fingerprint density at radius 2 is 1.89 bits per heavy atom. The van der Waals surface area contributed by atoms with E-state index in [9.17, 15) is 0 Å². The molecule has 96 valence electrons. The SMILES string of the molecule is Cc1ccc(CNC(C)C)c(-c2ccc(C)s2)c1. The Morgan fingerprint density at radius 3 is 2.50 bits per heavy atom. The maximum atomic E-state index is 3.50. The molecule has 2 heteroatoms. The first-order valence-electron chi connectivity index (χ1n) is 6.46. The molecule has 2 rings (SSSR count). The van der Waals surface area contributed by atoms with Gasteiger partial charge in [-0.1, -0.05) is 37.6 Å². The third-order valence-electron chi connectivity index (χ3n) is 2.97. The molecule has 1 nitrogen and oxygen atoms in total. The highest BCUT2D eigenvalue weighted by Crippen LogP contribution is 2.31. The van der Waals surface area contributed by atoms with E-state index < -0.39 is 0 Å². The van der Waals surface area contributed by atoms with Gasteiger partial charge in [-0.05, 0) is 37.1 Å². The molecule has 1 heterocycles. The molecule has 2 aromatic rings. The minimum atomic E-state index is 0.518. The Morgan fingerprint density at radius 1 is 1.11 bits per heavy atom. The van der Waals surface area contributed by atoms with Crippen molar-refractivity contribution in [3.63, 3.8) is 0 Å². The van der Waals surface area contributed by atoms with E-state index in [0.717, 1.165) is 6.54 Å². The first-order chi connectivity index (χ1) is 8.56. The zero-order valence-corrected chi connectivity index (χ0v) is 12.4. The van der Waals surface area contributed by atoms with Gasteiger partial charge >= 0.3 is 0 Å². The van der Waals surface area contributed by atoms with Gasteiger partial charge in [-0.2, -0.15) is 0 Å². The van der Waals surface area contributed by atoms with Gasteiger partial charge in [0.2, 0.25) is 0 Å². The van der Waals surface area contributed by atoms with E-state index in [4.69, 9.17) is 0 Å². The zero-order valence-electron chi connectivity index (χ0n) is 11.6. The standard InChI is InChI=1S/C16H21NS/c1-11(2)17-10-14-7-5-12(3)9-15(14)16-8-6-13(4)18-16/h5-9,11,17H,10H2,1-4H3. The molecule has 0 spiro atoms. The van der Waals surface area contributed by atoms with Gasteiger partial charge in [-0.15, -0.1) is 11.3 Å². The predicted octanol–water partition coefficient (Wildman–Crippen LogP) is 4.53. The van der Waals surface area contributed by atoms with E-state index in [-0.39, 0.29) is 0 Å². The first kappa shape index (κ1) is 13.3. The van der Waals surface area contributed by atoms with Crippen molar-refractivity contribution < 1.29 is 0 Å². The van der Waals surface area contributed by atoms with Gasteiger partial charge in [0, 0.05) is 22.3 Å². The molecule has 0 radical (unpaired) electrons. The average molecular weight is 259 g/mol. The highest BCUT2D eigenvalue weighted by molar-refractivity contribution is 7.15. The lowest BCUT2D eigenvalue weighted by Crippen LogP contribution is -2.22. The molecule has 1 aromatic carbocycles. The highest BCUT2D eigenvalue weighted by Gasteiger charge is 2.08. The number of rotatable bonds is 4. The molecule has 0 bridgehead atoms. The number of nitrogens with one attached hydrogen (secondary N) is 1. The number of thiophene rings is 1. The lowest BCUT2D eigenvalue weighted by molar-refractivity contribution is 0.589. The van der Waals surface area contributed by atoms with Crippen molar-refractivity contribution >= 4 is 11.3 Å². The number of hydrogen-bond donors (Lipinski definition) is 1. The molecule has 0 saturated carbocycles. The summed E-state index contributed by atoms with van der Waals surface area (Å²) in [7, 11) is 0. The smallest absolute Gasteiger partial charge is 0.0348 e. The third-order valence-corrected chi connectivity index (χ3v) is 4.01. The molecular formula is C16H21NS. The van der Waals surface area contributed by atoms with Crippen molar-refractivity contribution in [1.82, 2.24) is 5.32 Å². The third kappa shape index (κ3) is 3.21. The maximum Gasteiger partial charge on any atom is 0.0348 e. The van der Waals surface area contributed by atoms with Gasteiger partial charge in [0.05, 0.1) is 0 Å². The lowest BCUT2D eigenvalue weighted by Gasteiger charge is -2.12. The number of hydrogen-bond acceptors (Lipinski definition) is 2. The molecule has 1 aromatic heterocycles. The van der Waals surface area contributed by atoms with Crippen molar-refractivity contribution in [1.29, 1.82) is 0 Å². The minimum Gasteiger partial charge on any atom is -0.310 e. The fraction of sp³-hybridized carbons (Fsp3) is 0.375. The van der Waals surface area contributed by atoms with Gasteiger partial charge in [-0.3, -0.25) is 0 Å². The summed E-state index contributed by atoms with van der Waals surface area (Å²) in [5, 5.41) is 3.50. The molecule has 1 N–H and O–H groups in total. The van der Waals surface area contributed by atoms with E-state index in [0.29, 0.717) is 6.04 Å².